The van der Waals surface area contributed by atoms with Crippen molar-refractivity contribution < 1.29 is 4.74 Å². The van der Waals surface area contributed by atoms with Crippen LogP contribution in [0, 0.1) is 0 Å². The maximum Gasteiger partial charge on any atom is 0.132 e. The van der Waals surface area contributed by atoms with E-state index in [4.69, 9.17) is 4.74 Å². The van der Waals surface area contributed by atoms with Gasteiger partial charge in [0.25, 0.3) is 0 Å². The topological polar surface area (TPSA) is 9.23 Å². The molecule has 1 heteroatoms. The Bertz CT molecular complexity index is 2020. The quantitative estimate of drug-likeness (QED) is 0.208. The Hall–Kier alpha value is -4.88. The minimum absolute atomic E-state index is 0.192. The van der Waals surface area contributed by atoms with Gasteiger partial charge in [0, 0.05) is 16.5 Å². The largest absolute Gasteiger partial charge is 0.457 e. The molecular weight excluding hydrogens is 496 g/mol. The molecule has 0 atom stereocenters. The molecule has 0 aromatic heterocycles. The average molecular weight is 525 g/mol. The van der Waals surface area contributed by atoms with Gasteiger partial charge in [-0.2, -0.15) is 0 Å². The van der Waals surface area contributed by atoms with Crippen LogP contribution in [-0.4, -0.2) is 0 Å². The monoisotopic (exact) mass is 524 g/mol. The van der Waals surface area contributed by atoms with Crippen LogP contribution in [0.5, 0.6) is 11.5 Å². The van der Waals surface area contributed by atoms with Gasteiger partial charge in [-0.1, -0.05) is 129 Å². The van der Waals surface area contributed by atoms with Crippen LogP contribution in [-0.2, 0) is 10.8 Å². The molecule has 0 saturated heterocycles. The van der Waals surface area contributed by atoms with Gasteiger partial charge in [-0.25, -0.2) is 0 Å². The number of ether oxygens (including phenoxy) is 1. The van der Waals surface area contributed by atoms with E-state index < -0.39 is 0 Å². The van der Waals surface area contributed by atoms with E-state index in [1.165, 1.54) is 66.8 Å². The highest BCUT2D eigenvalue weighted by Crippen LogP contribution is 2.63. The zero-order valence-electron chi connectivity index (χ0n) is 23.1. The van der Waals surface area contributed by atoms with Gasteiger partial charge in [-0.3, -0.25) is 0 Å². The van der Waals surface area contributed by atoms with Crippen molar-refractivity contribution in [3.05, 3.63) is 167 Å². The minimum atomic E-state index is -0.310. The van der Waals surface area contributed by atoms with Gasteiger partial charge in [-0.15, -0.1) is 0 Å². The molecule has 0 fully saturated rings. The molecule has 0 N–H and O–H groups in total. The number of hydrogen-bond donors (Lipinski definition) is 0. The van der Waals surface area contributed by atoms with Crippen molar-refractivity contribution in [3.8, 4) is 44.9 Å². The van der Waals surface area contributed by atoms with Crippen LogP contribution in [0.2, 0.25) is 0 Å². The molecule has 0 unspecified atom stereocenters. The zero-order valence-corrected chi connectivity index (χ0v) is 23.1. The van der Waals surface area contributed by atoms with Gasteiger partial charge < -0.3 is 4.74 Å². The van der Waals surface area contributed by atoms with Crippen molar-refractivity contribution in [2.75, 3.05) is 0 Å². The van der Waals surface area contributed by atoms with E-state index in [2.05, 4.69) is 147 Å². The van der Waals surface area contributed by atoms with Crippen LogP contribution in [0.4, 0.5) is 0 Å². The molecule has 0 bridgehead atoms. The lowest BCUT2D eigenvalue weighted by molar-refractivity contribution is 0.419. The molecule has 1 nitrogen and oxygen atoms in total. The highest BCUT2D eigenvalue weighted by atomic mass is 16.5. The van der Waals surface area contributed by atoms with Gasteiger partial charge in [0.1, 0.15) is 11.5 Å². The summed E-state index contributed by atoms with van der Waals surface area (Å²) in [5.41, 5.74) is 15.2. The Labute approximate surface area is 240 Å². The summed E-state index contributed by atoms with van der Waals surface area (Å²) in [6.07, 6.45) is 0. The van der Waals surface area contributed by atoms with Crippen molar-refractivity contribution in [3.63, 3.8) is 0 Å². The van der Waals surface area contributed by atoms with E-state index in [1.54, 1.807) is 0 Å². The molecule has 0 radical (unpaired) electrons. The van der Waals surface area contributed by atoms with Crippen LogP contribution >= 0.6 is 0 Å². The summed E-state index contributed by atoms with van der Waals surface area (Å²) in [7, 11) is 0. The fraction of sp³-hybridized carbons (Fsp3) is 0.100. The van der Waals surface area contributed by atoms with E-state index >= 15 is 0 Å². The smallest absolute Gasteiger partial charge is 0.132 e. The van der Waals surface area contributed by atoms with E-state index in [1.807, 2.05) is 0 Å². The van der Waals surface area contributed by atoms with Crippen molar-refractivity contribution in [2.24, 2.45) is 0 Å². The zero-order chi connectivity index (χ0) is 27.3. The van der Waals surface area contributed by atoms with Gasteiger partial charge in [0.15, 0.2) is 0 Å². The molecule has 3 aliphatic rings. The Morgan fingerprint density at radius 2 is 0.902 bits per heavy atom. The molecule has 1 aliphatic heterocycles. The number of hydrogen-bond acceptors (Lipinski definition) is 1. The fourth-order valence-electron chi connectivity index (χ4n) is 8.09. The molecule has 41 heavy (non-hydrogen) atoms. The van der Waals surface area contributed by atoms with Gasteiger partial charge in [0.05, 0.1) is 5.41 Å². The molecular formula is C40H28O. The minimum Gasteiger partial charge on any atom is -0.457 e. The molecule has 194 valence electrons. The van der Waals surface area contributed by atoms with E-state index in [-0.39, 0.29) is 10.8 Å². The normalized spacial score (nSPS) is 15.7. The number of benzene rings is 6. The Morgan fingerprint density at radius 3 is 1.56 bits per heavy atom. The highest BCUT2D eigenvalue weighted by molar-refractivity contribution is 5.96. The predicted molar refractivity (Wildman–Crippen MR) is 167 cm³/mol. The van der Waals surface area contributed by atoms with Crippen molar-refractivity contribution in [1.29, 1.82) is 0 Å². The van der Waals surface area contributed by atoms with Crippen molar-refractivity contribution >= 4 is 0 Å². The first kappa shape index (κ1) is 22.9. The van der Waals surface area contributed by atoms with E-state index in [0.29, 0.717) is 0 Å². The summed E-state index contributed by atoms with van der Waals surface area (Å²) in [4.78, 5) is 0. The lowest BCUT2D eigenvalue weighted by Gasteiger charge is -2.36. The third-order valence-corrected chi connectivity index (χ3v) is 9.74. The van der Waals surface area contributed by atoms with Crippen LogP contribution in [0.1, 0.15) is 47.2 Å². The van der Waals surface area contributed by atoms with E-state index in [0.717, 1.165) is 11.5 Å². The fourth-order valence-corrected chi connectivity index (χ4v) is 8.09. The van der Waals surface area contributed by atoms with Gasteiger partial charge in [0.2, 0.25) is 0 Å². The maximum absolute atomic E-state index is 6.48. The maximum atomic E-state index is 6.48. The second-order valence-electron chi connectivity index (χ2n) is 12.0. The molecule has 2 aliphatic carbocycles. The van der Waals surface area contributed by atoms with Crippen LogP contribution in [0.15, 0.2) is 133 Å². The summed E-state index contributed by atoms with van der Waals surface area (Å²) >= 11 is 0. The number of para-hydroxylation sites is 1. The molecule has 0 amide bonds. The molecule has 6 aromatic rings. The molecule has 1 spiro atoms. The Balaban J connectivity index is 1.31. The second-order valence-corrected chi connectivity index (χ2v) is 12.0. The van der Waals surface area contributed by atoms with Crippen molar-refractivity contribution in [1.82, 2.24) is 0 Å². The summed E-state index contributed by atoms with van der Waals surface area (Å²) in [6, 6.07) is 49.1. The SMILES string of the molecule is CC1(C)c2ccccc2Oc2cccc(-c3ccc4c(c3)-c3ccccc3C43c4ccccc4-c4ccccc43)c21. The molecule has 1 heterocycles. The molecule has 6 aromatic carbocycles. The second kappa shape index (κ2) is 7.86. The average Bonchev–Trinajstić information content (AvgIpc) is 3.48. The van der Waals surface area contributed by atoms with Crippen LogP contribution < -0.4 is 4.74 Å². The van der Waals surface area contributed by atoms with Gasteiger partial charge in [-0.05, 0) is 73.8 Å². The van der Waals surface area contributed by atoms with Crippen molar-refractivity contribution in [2.45, 2.75) is 24.7 Å². The van der Waals surface area contributed by atoms with E-state index in [9.17, 15) is 0 Å². The third kappa shape index (κ3) is 2.76. The standard InChI is InChI=1S/C40H28O/c1-39(2)35-19-9-10-20-36(35)41-37-21-11-15-26(38(37)39)25-22-23-34-30(24-25)29-14-5-8-18-33(29)40(34)31-16-6-3-12-27(31)28-13-4-7-17-32(28)40/h3-24H,1-2H3. The number of rotatable bonds is 1. The summed E-state index contributed by atoms with van der Waals surface area (Å²) in [6.45, 7) is 4.64. The van der Waals surface area contributed by atoms with Gasteiger partial charge >= 0.3 is 0 Å². The first-order valence-corrected chi connectivity index (χ1v) is 14.4. The first-order chi connectivity index (χ1) is 20.1. The summed E-state index contributed by atoms with van der Waals surface area (Å²) in [5, 5.41) is 0. The molecule has 0 saturated carbocycles. The van der Waals surface area contributed by atoms with Crippen LogP contribution in [0.25, 0.3) is 33.4 Å². The lowest BCUT2D eigenvalue weighted by Crippen LogP contribution is -2.26. The first-order valence-electron chi connectivity index (χ1n) is 14.4. The molecule has 9 rings (SSSR count). The Morgan fingerprint density at radius 1 is 0.415 bits per heavy atom. The number of fused-ring (bicyclic) bond motifs is 12. The highest BCUT2D eigenvalue weighted by Gasteiger charge is 2.51. The lowest BCUT2D eigenvalue weighted by atomic mass is 9.70. The summed E-state index contributed by atoms with van der Waals surface area (Å²) < 4.78 is 6.48. The third-order valence-electron chi connectivity index (χ3n) is 9.74. The summed E-state index contributed by atoms with van der Waals surface area (Å²) in [5.74, 6) is 1.90. The Kier molecular flexibility index (Phi) is 4.39. The van der Waals surface area contributed by atoms with Crippen LogP contribution in [0.3, 0.4) is 0 Å². The predicted octanol–water partition coefficient (Wildman–Crippen LogP) is 10.1.